The van der Waals surface area contributed by atoms with E-state index in [0.29, 0.717) is 5.69 Å². The van der Waals surface area contributed by atoms with Crippen molar-refractivity contribution < 1.29 is 14.0 Å². The normalized spacial score (nSPS) is 10.7. The van der Waals surface area contributed by atoms with E-state index in [1.54, 1.807) is 0 Å². The number of benzene rings is 2. The number of hydrogen-bond donors (Lipinski definition) is 1. The van der Waals surface area contributed by atoms with Crippen LogP contribution in [0.2, 0.25) is 5.02 Å². The lowest BCUT2D eigenvalue weighted by Gasteiger charge is -2.06. The summed E-state index contributed by atoms with van der Waals surface area (Å²) in [5.74, 6) is -0.906. The number of carbonyl (C=O) groups excluding carboxylic acids is 1. The first-order valence-electron chi connectivity index (χ1n) is 6.51. The van der Waals surface area contributed by atoms with Crippen LogP contribution in [-0.4, -0.2) is 18.7 Å². The zero-order valence-corrected chi connectivity index (χ0v) is 12.6. The maximum absolute atomic E-state index is 12.9. The lowest BCUT2D eigenvalue weighted by molar-refractivity contribution is -0.120. The van der Waals surface area contributed by atoms with Gasteiger partial charge in [0.25, 0.3) is 5.91 Å². The minimum Gasteiger partial charge on any atom is -0.386 e. The number of oxime groups is 1. The molecule has 2 aromatic rings. The van der Waals surface area contributed by atoms with Crippen LogP contribution >= 0.6 is 11.6 Å². The Balaban J connectivity index is 1.81. The van der Waals surface area contributed by atoms with Crippen LogP contribution in [0.15, 0.2) is 47.6 Å². The van der Waals surface area contributed by atoms with Crippen LogP contribution in [0, 0.1) is 12.7 Å². The fourth-order valence-electron chi connectivity index (χ4n) is 1.62. The second kappa shape index (κ2) is 7.56. The van der Waals surface area contributed by atoms with E-state index in [1.807, 2.05) is 31.2 Å². The molecule has 0 aromatic heterocycles. The molecule has 22 heavy (non-hydrogen) atoms. The zero-order valence-electron chi connectivity index (χ0n) is 11.8. The lowest BCUT2D eigenvalue weighted by Crippen LogP contribution is -2.17. The molecule has 0 fully saturated rings. The van der Waals surface area contributed by atoms with E-state index in [2.05, 4.69) is 10.5 Å². The fourth-order valence-corrected chi connectivity index (χ4v) is 1.84. The summed E-state index contributed by atoms with van der Waals surface area (Å²) in [5, 5.41) is 6.34. The quantitative estimate of drug-likeness (QED) is 0.673. The highest BCUT2D eigenvalue weighted by molar-refractivity contribution is 6.33. The highest BCUT2D eigenvalue weighted by Crippen LogP contribution is 2.22. The van der Waals surface area contributed by atoms with Crippen molar-refractivity contribution in [3.8, 4) is 0 Å². The number of aryl methyl sites for hydroxylation is 1. The number of halogens is 2. The number of nitrogens with one attached hydrogen (secondary N) is 1. The summed E-state index contributed by atoms with van der Waals surface area (Å²) in [5.41, 5.74) is 2.33. The number of carbonyl (C=O) groups is 1. The van der Waals surface area contributed by atoms with Crippen LogP contribution in [0.1, 0.15) is 11.1 Å². The smallest absolute Gasteiger partial charge is 0.265 e. The van der Waals surface area contributed by atoms with E-state index in [9.17, 15) is 9.18 Å². The van der Waals surface area contributed by atoms with E-state index in [1.165, 1.54) is 18.3 Å². The number of nitrogens with zero attached hydrogens (tertiary/aromatic N) is 1. The first kappa shape index (κ1) is 16.0. The molecule has 0 bridgehead atoms. The van der Waals surface area contributed by atoms with Gasteiger partial charge in [-0.15, -0.1) is 0 Å². The zero-order chi connectivity index (χ0) is 15.9. The molecule has 2 rings (SSSR count). The molecule has 0 radical (unpaired) electrons. The first-order chi connectivity index (χ1) is 10.5. The first-order valence-corrected chi connectivity index (χ1v) is 6.89. The van der Waals surface area contributed by atoms with Crippen molar-refractivity contribution in [2.24, 2.45) is 5.16 Å². The summed E-state index contributed by atoms with van der Waals surface area (Å²) in [4.78, 5) is 16.5. The largest absolute Gasteiger partial charge is 0.386 e. The minimum absolute atomic E-state index is 0.122. The average molecular weight is 321 g/mol. The van der Waals surface area contributed by atoms with Gasteiger partial charge in [0, 0.05) is 0 Å². The van der Waals surface area contributed by atoms with E-state index in [-0.39, 0.29) is 11.6 Å². The fraction of sp³-hybridized carbons (Fsp3) is 0.125. The molecule has 0 saturated heterocycles. The van der Waals surface area contributed by atoms with Crippen LogP contribution in [0.4, 0.5) is 10.1 Å². The van der Waals surface area contributed by atoms with Crippen LogP contribution in [0.25, 0.3) is 0 Å². The highest BCUT2D eigenvalue weighted by Gasteiger charge is 2.07. The second-order valence-corrected chi connectivity index (χ2v) is 5.00. The van der Waals surface area contributed by atoms with Gasteiger partial charge in [-0.05, 0) is 30.7 Å². The van der Waals surface area contributed by atoms with Crippen molar-refractivity contribution in [2.75, 3.05) is 11.9 Å². The molecule has 0 aliphatic carbocycles. The van der Waals surface area contributed by atoms with Gasteiger partial charge in [0.2, 0.25) is 0 Å². The Morgan fingerprint density at radius 1 is 1.32 bits per heavy atom. The summed E-state index contributed by atoms with van der Waals surface area (Å²) in [6.45, 7) is 1.72. The Labute approximate surface area is 132 Å². The number of rotatable bonds is 5. The number of amides is 1. The summed E-state index contributed by atoms with van der Waals surface area (Å²) >= 11 is 5.80. The Morgan fingerprint density at radius 2 is 2.05 bits per heavy atom. The predicted molar refractivity (Wildman–Crippen MR) is 84.8 cm³/mol. The maximum Gasteiger partial charge on any atom is 0.265 e. The average Bonchev–Trinajstić information content (AvgIpc) is 2.48. The molecule has 114 valence electrons. The van der Waals surface area contributed by atoms with E-state index >= 15 is 0 Å². The standard InChI is InChI=1S/C16H14ClFN2O2/c1-11-2-4-12(5-3-11)9-19-22-10-16(21)20-15-7-6-13(18)8-14(15)17/h2-9H,10H2,1H3,(H,20,21)/b19-9-. The molecular formula is C16H14ClFN2O2. The molecule has 1 amide bonds. The topological polar surface area (TPSA) is 50.7 Å². The summed E-state index contributed by atoms with van der Waals surface area (Å²) in [6.07, 6.45) is 1.51. The van der Waals surface area contributed by atoms with Gasteiger partial charge < -0.3 is 10.2 Å². The molecular weight excluding hydrogens is 307 g/mol. The summed E-state index contributed by atoms with van der Waals surface area (Å²) < 4.78 is 12.9. The third kappa shape index (κ3) is 4.86. The molecule has 4 nitrogen and oxygen atoms in total. The lowest BCUT2D eigenvalue weighted by atomic mass is 10.2. The van der Waals surface area contributed by atoms with Gasteiger partial charge in [-0.3, -0.25) is 4.79 Å². The van der Waals surface area contributed by atoms with Crippen LogP contribution in [-0.2, 0) is 9.63 Å². The van der Waals surface area contributed by atoms with E-state index in [4.69, 9.17) is 16.4 Å². The van der Waals surface area contributed by atoms with Crippen molar-refractivity contribution in [1.82, 2.24) is 0 Å². The highest BCUT2D eigenvalue weighted by atomic mass is 35.5. The van der Waals surface area contributed by atoms with Gasteiger partial charge in [-0.25, -0.2) is 4.39 Å². The molecule has 0 saturated carbocycles. The second-order valence-electron chi connectivity index (χ2n) is 4.59. The van der Waals surface area contributed by atoms with Crippen LogP contribution < -0.4 is 5.32 Å². The van der Waals surface area contributed by atoms with Gasteiger partial charge in [-0.2, -0.15) is 0 Å². The summed E-state index contributed by atoms with van der Waals surface area (Å²) in [6, 6.07) is 11.4. The van der Waals surface area contributed by atoms with Gasteiger partial charge in [-0.1, -0.05) is 46.6 Å². The predicted octanol–water partition coefficient (Wildman–Crippen LogP) is 3.78. The molecule has 0 heterocycles. The minimum atomic E-state index is -0.470. The molecule has 1 N–H and O–H groups in total. The molecule has 0 aliphatic heterocycles. The van der Waals surface area contributed by atoms with Crippen molar-refractivity contribution >= 4 is 29.4 Å². The summed E-state index contributed by atoms with van der Waals surface area (Å²) in [7, 11) is 0. The Kier molecular flexibility index (Phi) is 5.49. The monoisotopic (exact) mass is 320 g/mol. The van der Waals surface area contributed by atoms with Crippen molar-refractivity contribution in [3.63, 3.8) is 0 Å². The van der Waals surface area contributed by atoms with Crippen molar-refractivity contribution in [3.05, 3.63) is 64.4 Å². The van der Waals surface area contributed by atoms with Gasteiger partial charge >= 0.3 is 0 Å². The SMILES string of the molecule is Cc1ccc(/C=N\OCC(=O)Nc2ccc(F)cc2Cl)cc1. The Morgan fingerprint density at radius 3 is 2.73 bits per heavy atom. The molecule has 0 spiro atoms. The molecule has 0 atom stereocenters. The Hall–Kier alpha value is -2.40. The van der Waals surface area contributed by atoms with Crippen molar-refractivity contribution in [1.29, 1.82) is 0 Å². The van der Waals surface area contributed by atoms with E-state index in [0.717, 1.165) is 17.2 Å². The van der Waals surface area contributed by atoms with Gasteiger partial charge in [0.15, 0.2) is 6.61 Å². The van der Waals surface area contributed by atoms with Gasteiger partial charge in [0.1, 0.15) is 5.82 Å². The molecule has 6 heteroatoms. The Bertz CT molecular complexity index is 687. The van der Waals surface area contributed by atoms with Crippen LogP contribution in [0.5, 0.6) is 0 Å². The van der Waals surface area contributed by atoms with Crippen molar-refractivity contribution in [2.45, 2.75) is 6.92 Å². The van der Waals surface area contributed by atoms with Crippen LogP contribution in [0.3, 0.4) is 0 Å². The maximum atomic E-state index is 12.9. The third-order valence-electron chi connectivity index (χ3n) is 2.75. The third-order valence-corrected chi connectivity index (χ3v) is 3.07. The van der Waals surface area contributed by atoms with E-state index < -0.39 is 11.7 Å². The number of hydrogen-bond acceptors (Lipinski definition) is 3. The van der Waals surface area contributed by atoms with Gasteiger partial charge in [0.05, 0.1) is 16.9 Å². The molecule has 0 unspecified atom stereocenters. The molecule has 2 aromatic carbocycles. The molecule has 0 aliphatic rings. The number of anilines is 1.